The third-order valence-electron chi connectivity index (χ3n) is 5.87. The maximum Gasteiger partial charge on any atom is 0.311 e. The van der Waals surface area contributed by atoms with Gasteiger partial charge in [-0.2, -0.15) is 5.10 Å². The van der Waals surface area contributed by atoms with Crippen molar-refractivity contribution in [2.24, 2.45) is 13.0 Å². The number of carbonyl (C=O) groups is 2. The Bertz CT molecular complexity index is 879. The van der Waals surface area contributed by atoms with Crippen LogP contribution in [0.1, 0.15) is 29.3 Å². The first-order chi connectivity index (χ1) is 13.5. The molecule has 7 heteroatoms. The van der Waals surface area contributed by atoms with E-state index in [1.54, 1.807) is 4.68 Å². The zero-order valence-corrected chi connectivity index (χ0v) is 16.5. The predicted octanol–water partition coefficient (Wildman–Crippen LogP) is 1.68. The van der Waals surface area contributed by atoms with Crippen LogP contribution in [-0.2, 0) is 27.9 Å². The number of rotatable bonds is 4. The summed E-state index contributed by atoms with van der Waals surface area (Å²) >= 11 is 0. The molecule has 2 aromatic rings. The maximum atomic E-state index is 13.1. The number of amides is 1. The minimum atomic E-state index is -0.332. The quantitative estimate of drug-likeness (QED) is 0.753. The Labute approximate surface area is 164 Å². The van der Waals surface area contributed by atoms with Gasteiger partial charge in [-0.25, -0.2) is 0 Å². The van der Waals surface area contributed by atoms with Crippen molar-refractivity contribution in [1.29, 1.82) is 0 Å². The zero-order chi connectivity index (χ0) is 19.8. The Morgan fingerprint density at radius 3 is 2.68 bits per heavy atom. The smallest absolute Gasteiger partial charge is 0.311 e. The highest BCUT2D eigenvalue weighted by molar-refractivity contribution is 5.83. The van der Waals surface area contributed by atoms with Gasteiger partial charge in [-0.15, -0.1) is 0 Å². The fourth-order valence-corrected chi connectivity index (χ4v) is 4.70. The van der Waals surface area contributed by atoms with Crippen LogP contribution in [-0.4, -0.2) is 57.7 Å². The van der Waals surface area contributed by atoms with Gasteiger partial charge in [-0.3, -0.25) is 19.2 Å². The lowest BCUT2D eigenvalue weighted by Crippen LogP contribution is -2.54. The Hall–Kier alpha value is -2.67. The largest absolute Gasteiger partial charge is 0.469 e. The summed E-state index contributed by atoms with van der Waals surface area (Å²) in [4.78, 5) is 29.7. The van der Waals surface area contributed by atoms with Crippen molar-refractivity contribution >= 4 is 11.9 Å². The molecule has 0 aliphatic carbocycles. The number of esters is 1. The van der Waals surface area contributed by atoms with Crippen LogP contribution in [0.5, 0.6) is 0 Å². The summed E-state index contributed by atoms with van der Waals surface area (Å²) in [5.74, 6) is -0.509. The summed E-state index contributed by atoms with van der Waals surface area (Å²) in [6.45, 7) is 3.77. The van der Waals surface area contributed by atoms with Crippen molar-refractivity contribution < 1.29 is 14.3 Å². The van der Waals surface area contributed by atoms with E-state index in [9.17, 15) is 9.59 Å². The molecule has 28 heavy (non-hydrogen) atoms. The van der Waals surface area contributed by atoms with E-state index in [2.05, 4.69) is 10.00 Å². The molecule has 1 aromatic heterocycles. The van der Waals surface area contributed by atoms with E-state index in [0.29, 0.717) is 19.5 Å². The fraction of sp³-hybridized carbons (Fsp3) is 0.476. The molecule has 0 spiro atoms. The molecule has 2 fully saturated rings. The van der Waals surface area contributed by atoms with Gasteiger partial charge < -0.3 is 9.64 Å². The van der Waals surface area contributed by atoms with Crippen molar-refractivity contribution in [2.75, 3.05) is 20.2 Å². The number of carbonyl (C=O) groups excluding carboxylic acids is 2. The lowest BCUT2D eigenvalue weighted by Gasteiger charge is -2.40. The van der Waals surface area contributed by atoms with E-state index in [4.69, 9.17) is 4.74 Å². The molecule has 3 heterocycles. The summed E-state index contributed by atoms with van der Waals surface area (Å²) in [7, 11) is 3.32. The standard InChI is InChI=1S/C21H26N4O3/c1-14-16(10-23(2)22-14)11-24-12-17-9-18(21(27)28-3)20(25(17)19(26)13-24)15-7-5-4-6-8-15/h4-8,10,17-18,20H,9,11-13H2,1-3H3/t17-,18-,20-/m0/s1. The second-order valence-electron chi connectivity index (χ2n) is 7.76. The number of methoxy groups -OCH3 is 1. The highest BCUT2D eigenvalue weighted by atomic mass is 16.5. The summed E-state index contributed by atoms with van der Waals surface area (Å²) in [6.07, 6.45) is 2.63. The Balaban J connectivity index is 1.59. The summed E-state index contributed by atoms with van der Waals surface area (Å²) in [6, 6.07) is 9.56. The van der Waals surface area contributed by atoms with E-state index in [1.807, 2.05) is 55.4 Å². The van der Waals surface area contributed by atoms with Gasteiger partial charge in [-0.05, 0) is 18.9 Å². The predicted molar refractivity (Wildman–Crippen MR) is 103 cm³/mol. The van der Waals surface area contributed by atoms with Crippen molar-refractivity contribution in [2.45, 2.75) is 32.0 Å². The van der Waals surface area contributed by atoms with Gasteiger partial charge in [-0.1, -0.05) is 30.3 Å². The molecular weight excluding hydrogens is 356 g/mol. The van der Waals surface area contributed by atoms with Crippen molar-refractivity contribution in [3.63, 3.8) is 0 Å². The highest BCUT2D eigenvalue weighted by Crippen LogP contribution is 2.43. The van der Waals surface area contributed by atoms with Crippen molar-refractivity contribution in [1.82, 2.24) is 19.6 Å². The molecule has 7 nitrogen and oxygen atoms in total. The molecular formula is C21H26N4O3. The van der Waals surface area contributed by atoms with Gasteiger partial charge in [0, 0.05) is 37.9 Å². The van der Waals surface area contributed by atoms with Gasteiger partial charge in [0.2, 0.25) is 5.91 Å². The van der Waals surface area contributed by atoms with Crippen LogP contribution in [0, 0.1) is 12.8 Å². The second kappa shape index (κ2) is 7.39. The number of hydrogen-bond acceptors (Lipinski definition) is 5. The molecule has 0 radical (unpaired) electrons. The number of aryl methyl sites for hydroxylation is 2. The maximum absolute atomic E-state index is 13.1. The average molecular weight is 382 g/mol. The number of hydrogen-bond donors (Lipinski definition) is 0. The van der Waals surface area contributed by atoms with Crippen LogP contribution in [0.2, 0.25) is 0 Å². The normalized spacial score (nSPS) is 25.0. The SMILES string of the molecule is COC(=O)[C@H]1C[C@H]2CN(Cc3cn(C)nc3C)CC(=O)N2[C@H]1c1ccccc1. The number of fused-ring (bicyclic) bond motifs is 1. The van der Waals surface area contributed by atoms with Crippen molar-refractivity contribution in [3.8, 4) is 0 Å². The molecule has 2 saturated heterocycles. The van der Waals surface area contributed by atoms with Gasteiger partial charge in [0.05, 0.1) is 31.3 Å². The molecule has 1 amide bonds. The third-order valence-corrected chi connectivity index (χ3v) is 5.87. The Morgan fingerprint density at radius 1 is 1.29 bits per heavy atom. The molecule has 0 unspecified atom stereocenters. The second-order valence-corrected chi connectivity index (χ2v) is 7.76. The Morgan fingerprint density at radius 2 is 2.04 bits per heavy atom. The lowest BCUT2D eigenvalue weighted by atomic mass is 9.93. The molecule has 3 atom stereocenters. The highest BCUT2D eigenvalue weighted by Gasteiger charge is 2.50. The van der Waals surface area contributed by atoms with Gasteiger partial charge in [0.1, 0.15) is 0 Å². The van der Waals surface area contributed by atoms with E-state index >= 15 is 0 Å². The third kappa shape index (κ3) is 3.30. The molecule has 2 aliphatic heterocycles. The molecule has 1 aromatic carbocycles. The van der Waals surface area contributed by atoms with E-state index in [0.717, 1.165) is 23.4 Å². The van der Waals surface area contributed by atoms with E-state index < -0.39 is 0 Å². The average Bonchev–Trinajstić information content (AvgIpc) is 3.21. The van der Waals surface area contributed by atoms with E-state index in [1.165, 1.54) is 7.11 Å². The van der Waals surface area contributed by atoms with Gasteiger partial charge in [0.25, 0.3) is 0 Å². The minimum absolute atomic E-state index is 0.00698. The Kier molecular flexibility index (Phi) is 4.93. The minimum Gasteiger partial charge on any atom is -0.469 e. The topological polar surface area (TPSA) is 67.7 Å². The summed E-state index contributed by atoms with van der Waals surface area (Å²) in [5, 5.41) is 4.39. The number of nitrogens with zero attached hydrogens (tertiary/aromatic N) is 4. The fourth-order valence-electron chi connectivity index (χ4n) is 4.70. The lowest BCUT2D eigenvalue weighted by molar-refractivity contribution is -0.147. The van der Waals surface area contributed by atoms with Crippen LogP contribution in [0.4, 0.5) is 0 Å². The van der Waals surface area contributed by atoms with Crippen LogP contribution in [0.15, 0.2) is 36.5 Å². The van der Waals surface area contributed by atoms with E-state index in [-0.39, 0.29) is 29.9 Å². The van der Waals surface area contributed by atoms with Crippen LogP contribution < -0.4 is 0 Å². The monoisotopic (exact) mass is 382 g/mol. The van der Waals surface area contributed by atoms with Crippen LogP contribution in [0.25, 0.3) is 0 Å². The van der Waals surface area contributed by atoms with Crippen molar-refractivity contribution in [3.05, 3.63) is 53.3 Å². The molecule has 2 aliphatic rings. The first kappa shape index (κ1) is 18.7. The number of aromatic nitrogens is 2. The molecule has 0 N–H and O–H groups in total. The number of piperazine rings is 1. The summed E-state index contributed by atoms with van der Waals surface area (Å²) < 4.78 is 6.87. The van der Waals surface area contributed by atoms with Gasteiger partial charge in [0.15, 0.2) is 0 Å². The van der Waals surface area contributed by atoms with Crippen LogP contribution in [0.3, 0.4) is 0 Å². The number of benzene rings is 1. The van der Waals surface area contributed by atoms with Gasteiger partial charge >= 0.3 is 5.97 Å². The zero-order valence-electron chi connectivity index (χ0n) is 16.5. The summed E-state index contributed by atoms with van der Waals surface area (Å²) in [5.41, 5.74) is 3.11. The molecule has 0 saturated carbocycles. The molecule has 4 rings (SSSR count). The first-order valence-corrected chi connectivity index (χ1v) is 9.63. The molecule has 148 valence electrons. The first-order valence-electron chi connectivity index (χ1n) is 9.63. The number of ether oxygens (including phenoxy) is 1. The molecule has 0 bridgehead atoms. The van der Waals surface area contributed by atoms with Crippen LogP contribution >= 0.6 is 0 Å².